The van der Waals surface area contributed by atoms with Crippen LogP contribution >= 0.6 is 0 Å². The Morgan fingerprint density at radius 3 is 2.32 bits per heavy atom. The number of hydrogen-bond acceptors (Lipinski definition) is 1. The van der Waals surface area contributed by atoms with Gasteiger partial charge in [-0.1, -0.05) is 0 Å². The van der Waals surface area contributed by atoms with Gasteiger partial charge in [0.2, 0.25) is 6.04 Å². The van der Waals surface area contributed by atoms with E-state index in [0.717, 1.165) is 5.56 Å². The smallest absolute Gasteiger partial charge is 0.293 e. The Kier molecular flexibility index (Phi) is 3.90. The average Bonchev–Trinajstić information content (AvgIpc) is 2.41. The van der Waals surface area contributed by atoms with E-state index >= 15 is 0 Å². The predicted molar refractivity (Wildman–Crippen MR) is 71.1 cm³/mol. The molecule has 0 saturated heterocycles. The van der Waals surface area contributed by atoms with Crippen LogP contribution in [0.1, 0.15) is 18.5 Å². The van der Waals surface area contributed by atoms with Gasteiger partial charge in [-0.3, -0.25) is 4.79 Å². The maximum Gasteiger partial charge on any atom is 0.293 e. The zero-order chi connectivity index (χ0) is 13.8. The van der Waals surface area contributed by atoms with Crippen molar-refractivity contribution < 1.29 is 13.8 Å². The summed E-state index contributed by atoms with van der Waals surface area (Å²) in [5.74, 6) is -0.459. The van der Waals surface area contributed by atoms with E-state index in [1.807, 2.05) is 42.9 Å². The zero-order valence-electron chi connectivity index (χ0n) is 10.9. The van der Waals surface area contributed by atoms with Gasteiger partial charge in [-0.2, -0.15) is 4.57 Å². The van der Waals surface area contributed by atoms with Gasteiger partial charge < -0.3 is 5.32 Å². The molecular weight excluding hydrogens is 243 g/mol. The number of amides is 1. The number of aromatic nitrogens is 1. The van der Waals surface area contributed by atoms with Crippen molar-refractivity contribution in [1.82, 2.24) is 0 Å². The van der Waals surface area contributed by atoms with Crippen LogP contribution in [0.5, 0.6) is 0 Å². The molecule has 1 aromatic heterocycles. The molecule has 0 unspecified atom stereocenters. The summed E-state index contributed by atoms with van der Waals surface area (Å²) in [7, 11) is 0. The SMILES string of the molecule is Cc1cc[n+]([C@@H](C)C(=O)Nc2ccc(F)cc2)cc1. The fourth-order valence-electron chi connectivity index (χ4n) is 1.69. The number of nitrogens with zero attached hydrogens (tertiary/aromatic N) is 1. The molecule has 0 aliphatic carbocycles. The summed E-state index contributed by atoms with van der Waals surface area (Å²) in [6.07, 6.45) is 3.73. The largest absolute Gasteiger partial charge is 0.320 e. The Balaban J connectivity index is 2.07. The van der Waals surface area contributed by atoms with Crippen LogP contribution in [0.4, 0.5) is 10.1 Å². The van der Waals surface area contributed by atoms with Gasteiger partial charge >= 0.3 is 0 Å². The third kappa shape index (κ3) is 3.37. The number of halogens is 1. The van der Waals surface area contributed by atoms with Crippen LogP contribution in [0.15, 0.2) is 48.8 Å². The molecule has 1 N–H and O–H groups in total. The van der Waals surface area contributed by atoms with Gasteiger partial charge in [0.15, 0.2) is 12.4 Å². The summed E-state index contributed by atoms with van der Waals surface area (Å²) in [6, 6.07) is 9.28. The molecule has 98 valence electrons. The quantitative estimate of drug-likeness (QED) is 0.844. The highest BCUT2D eigenvalue weighted by Gasteiger charge is 2.21. The van der Waals surface area contributed by atoms with Crippen LogP contribution in [-0.4, -0.2) is 5.91 Å². The molecule has 2 rings (SSSR count). The van der Waals surface area contributed by atoms with Crippen molar-refractivity contribution in [2.45, 2.75) is 19.9 Å². The highest BCUT2D eigenvalue weighted by Crippen LogP contribution is 2.10. The molecular formula is C15H16FN2O+. The van der Waals surface area contributed by atoms with Crippen LogP contribution in [0.25, 0.3) is 0 Å². The number of aryl methyl sites for hydroxylation is 1. The van der Waals surface area contributed by atoms with E-state index in [4.69, 9.17) is 0 Å². The van der Waals surface area contributed by atoms with Crippen LogP contribution < -0.4 is 9.88 Å². The number of pyridine rings is 1. The van der Waals surface area contributed by atoms with Gasteiger partial charge in [-0.15, -0.1) is 0 Å². The number of benzene rings is 1. The number of anilines is 1. The third-order valence-corrected chi connectivity index (χ3v) is 2.96. The Morgan fingerprint density at radius 2 is 1.74 bits per heavy atom. The minimum absolute atomic E-state index is 0.138. The first kappa shape index (κ1) is 13.2. The lowest BCUT2D eigenvalue weighted by Gasteiger charge is -2.08. The molecule has 3 nitrogen and oxygen atoms in total. The van der Waals surface area contributed by atoms with Crippen LogP contribution in [0.3, 0.4) is 0 Å². The van der Waals surface area contributed by atoms with E-state index in [9.17, 15) is 9.18 Å². The van der Waals surface area contributed by atoms with E-state index < -0.39 is 0 Å². The first-order valence-electron chi connectivity index (χ1n) is 6.10. The molecule has 0 aliphatic heterocycles. The molecule has 0 bridgehead atoms. The Hall–Kier alpha value is -2.23. The lowest BCUT2D eigenvalue weighted by molar-refractivity contribution is -0.705. The van der Waals surface area contributed by atoms with Crippen molar-refractivity contribution in [2.75, 3.05) is 5.32 Å². The van der Waals surface area contributed by atoms with Gasteiger partial charge in [0.1, 0.15) is 5.82 Å². The van der Waals surface area contributed by atoms with Crippen molar-refractivity contribution in [3.63, 3.8) is 0 Å². The number of carbonyl (C=O) groups excluding carboxylic acids is 1. The average molecular weight is 259 g/mol. The van der Waals surface area contributed by atoms with Crippen molar-refractivity contribution in [1.29, 1.82) is 0 Å². The summed E-state index contributed by atoms with van der Waals surface area (Å²) in [6.45, 7) is 3.81. The Bertz CT molecular complexity index is 564. The number of carbonyl (C=O) groups is 1. The lowest BCUT2D eigenvalue weighted by atomic mass is 10.2. The third-order valence-electron chi connectivity index (χ3n) is 2.96. The summed E-state index contributed by atoms with van der Waals surface area (Å²) >= 11 is 0. The van der Waals surface area contributed by atoms with Gasteiger partial charge in [0.05, 0.1) is 0 Å². The molecule has 1 heterocycles. The maximum atomic E-state index is 12.8. The fraction of sp³-hybridized carbons (Fsp3) is 0.200. The summed E-state index contributed by atoms with van der Waals surface area (Å²) < 4.78 is 14.6. The molecule has 1 atom stereocenters. The summed E-state index contributed by atoms with van der Waals surface area (Å²) in [5.41, 5.74) is 1.73. The molecule has 19 heavy (non-hydrogen) atoms. The predicted octanol–water partition coefficient (Wildman–Crippen LogP) is 2.62. The van der Waals surface area contributed by atoms with E-state index in [1.165, 1.54) is 12.1 Å². The molecule has 1 aromatic carbocycles. The van der Waals surface area contributed by atoms with Crippen LogP contribution in [0.2, 0.25) is 0 Å². The molecule has 0 spiro atoms. The second kappa shape index (κ2) is 5.61. The minimum Gasteiger partial charge on any atom is -0.320 e. The van der Waals surface area contributed by atoms with Crippen LogP contribution in [0, 0.1) is 12.7 Å². The molecule has 4 heteroatoms. The first-order valence-corrected chi connectivity index (χ1v) is 6.10. The van der Waals surface area contributed by atoms with Gasteiger partial charge in [0, 0.05) is 24.7 Å². The zero-order valence-corrected chi connectivity index (χ0v) is 10.9. The van der Waals surface area contributed by atoms with Crippen LogP contribution in [-0.2, 0) is 4.79 Å². The van der Waals surface area contributed by atoms with Gasteiger partial charge in [-0.05, 0) is 36.8 Å². The summed E-state index contributed by atoms with van der Waals surface area (Å²) in [5, 5.41) is 2.76. The first-order chi connectivity index (χ1) is 9.06. The molecule has 0 saturated carbocycles. The minimum atomic E-state index is -0.328. The number of hydrogen-bond donors (Lipinski definition) is 1. The summed E-state index contributed by atoms with van der Waals surface area (Å²) in [4.78, 5) is 12.1. The van der Waals surface area contributed by atoms with E-state index in [1.54, 1.807) is 12.1 Å². The van der Waals surface area contributed by atoms with Gasteiger partial charge in [-0.25, -0.2) is 4.39 Å². The molecule has 1 amide bonds. The number of rotatable bonds is 3. The topological polar surface area (TPSA) is 33.0 Å². The monoisotopic (exact) mass is 259 g/mol. The lowest BCUT2D eigenvalue weighted by Crippen LogP contribution is -2.43. The molecule has 0 fully saturated rings. The Morgan fingerprint density at radius 1 is 1.16 bits per heavy atom. The van der Waals surface area contributed by atoms with E-state index in [-0.39, 0.29) is 17.8 Å². The number of nitrogens with one attached hydrogen (secondary N) is 1. The highest BCUT2D eigenvalue weighted by atomic mass is 19.1. The maximum absolute atomic E-state index is 12.8. The van der Waals surface area contributed by atoms with Gasteiger partial charge in [0.25, 0.3) is 5.91 Å². The molecule has 0 radical (unpaired) electrons. The fourth-order valence-corrected chi connectivity index (χ4v) is 1.69. The molecule has 2 aromatic rings. The van der Waals surface area contributed by atoms with Crippen molar-refractivity contribution in [3.05, 3.63) is 60.2 Å². The second-order valence-electron chi connectivity index (χ2n) is 4.49. The molecule has 0 aliphatic rings. The van der Waals surface area contributed by atoms with E-state index in [2.05, 4.69) is 5.32 Å². The Labute approximate surface area is 111 Å². The van der Waals surface area contributed by atoms with Crippen molar-refractivity contribution in [2.24, 2.45) is 0 Å². The van der Waals surface area contributed by atoms with Crippen molar-refractivity contribution >= 4 is 11.6 Å². The second-order valence-corrected chi connectivity index (χ2v) is 4.49. The van der Waals surface area contributed by atoms with E-state index in [0.29, 0.717) is 5.69 Å². The van der Waals surface area contributed by atoms with Crippen molar-refractivity contribution in [3.8, 4) is 0 Å². The highest BCUT2D eigenvalue weighted by molar-refractivity contribution is 5.92. The normalized spacial score (nSPS) is 11.9. The standard InChI is InChI=1S/C15H15FN2O/c1-11-7-9-18(10-8-11)12(2)15(19)17-14-5-3-13(16)4-6-14/h3-10,12H,1-2H3/p+1/t12-/m0/s1.